The Kier molecular flexibility index (Phi) is 4.66. The van der Waals surface area contributed by atoms with Crippen LogP contribution in [0.25, 0.3) is 10.2 Å². The first kappa shape index (κ1) is 16.4. The fourth-order valence-electron chi connectivity index (χ4n) is 2.56. The molecule has 0 fully saturated rings. The van der Waals surface area contributed by atoms with Crippen LogP contribution >= 0.6 is 11.3 Å². The average Bonchev–Trinajstić information content (AvgIpc) is 3.31. The monoisotopic (exact) mass is 364 g/mol. The zero-order valence-corrected chi connectivity index (χ0v) is 14.7. The first-order valence-corrected chi connectivity index (χ1v) is 8.98. The zero-order chi connectivity index (χ0) is 17.8. The van der Waals surface area contributed by atoms with Crippen LogP contribution < -0.4 is 10.1 Å². The van der Waals surface area contributed by atoms with E-state index in [1.807, 2.05) is 54.6 Å². The van der Waals surface area contributed by atoms with E-state index >= 15 is 0 Å². The van der Waals surface area contributed by atoms with Crippen molar-refractivity contribution in [2.24, 2.45) is 0 Å². The number of thiazole rings is 1. The van der Waals surface area contributed by atoms with Crippen molar-refractivity contribution in [1.82, 2.24) is 10.3 Å². The fraction of sp³-hybridized carbons (Fsp3) is 0.100. The SMILES string of the molecule is O=C(NCc1nc2ccccc2s1)c1occc1COc1ccccc1. The third-order valence-electron chi connectivity index (χ3n) is 3.83. The molecule has 2 aromatic carbocycles. The lowest BCUT2D eigenvalue weighted by molar-refractivity contribution is 0.0919. The van der Waals surface area contributed by atoms with Crippen molar-refractivity contribution in [2.75, 3.05) is 0 Å². The zero-order valence-electron chi connectivity index (χ0n) is 13.8. The molecule has 4 aromatic rings. The van der Waals surface area contributed by atoms with Crippen LogP contribution in [-0.4, -0.2) is 10.9 Å². The number of hydrogen-bond donors (Lipinski definition) is 1. The molecule has 0 aliphatic carbocycles. The van der Waals surface area contributed by atoms with Crippen molar-refractivity contribution < 1.29 is 13.9 Å². The Bertz CT molecular complexity index is 991. The van der Waals surface area contributed by atoms with E-state index in [-0.39, 0.29) is 18.3 Å². The second-order valence-corrected chi connectivity index (χ2v) is 6.75. The maximum Gasteiger partial charge on any atom is 0.287 e. The minimum Gasteiger partial charge on any atom is -0.489 e. The predicted octanol–water partition coefficient (Wildman–Crippen LogP) is 4.40. The number of benzene rings is 2. The van der Waals surface area contributed by atoms with Gasteiger partial charge >= 0.3 is 0 Å². The number of carbonyl (C=O) groups excluding carboxylic acids is 1. The molecule has 0 unspecified atom stereocenters. The van der Waals surface area contributed by atoms with Crippen molar-refractivity contribution >= 4 is 27.5 Å². The van der Waals surface area contributed by atoms with Gasteiger partial charge in [-0.3, -0.25) is 4.79 Å². The normalized spacial score (nSPS) is 10.8. The molecular formula is C20H16N2O3S. The molecule has 0 saturated carbocycles. The molecule has 0 saturated heterocycles. The van der Waals surface area contributed by atoms with E-state index in [1.54, 1.807) is 17.4 Å². The summed E-state index contributed by atoms with van der Waals surface area (Å²) in [4.78, 5) is 17.0. The number of carbonyl (C=O) groups is 1. The lowest BCUT2D eigenvalue weighted by Gasteiger charge is -2.06. The minimum absolute atomic E-state index is 0.266. The van der Waals surface area contributed by atoms with Crippen LogP contribution in [0.2, 0.25) is 0 Å². The van der Waals surface area contributed by atoms with Gasteiger partial charge < -0.3 is 14.5 Å². The van der Waals surface area contributed by atoms with Crippen LogP contribution in [0.3, 0.4) is 0 Å². The second kappa shape index (κ2) is 7.41. The minimum atomic E-state index is -0.277. The van der Waals surface area contributed by atoms with Gasteiger partial charge in [0.1, 0.15) is 17.4 Å². The Morgan fingerprint density at radius 3 is 2.73 bits per heavy atom. The largest absolute Gasteiger partial charge is 0.489 e. The number of fused-ring (bicyclic) bond motifs is 1. The highest BCUT2D eigenvalue weighted by atomic mass is 32.1. The lowest BCUT2D eigenvalue weighted by Crippen LogP contribution is -2.23. The molecule has 2 heterocycles. The maximum absolute atomic E-state index is 12.4. The molecule has 1 amide bonds. The summed E-state index contributed by atoms with van der Waals surface area (Å²) in [6, 6.07) is 19.1. The molecule has 6 heteroatoms. The number of aromatic nitrogens is 1. The molecule has 5 nitrogen and oxygen atoms in total. The summed E-state index contributed by atoms with van der Waals surface area (Å²) < 4.78 is 12.2. The summed E-state index contributed by atoms with van der Waals surface area (Å²) in [5.74, 6) is 0.734. The molecule has 0 radical (unpaired) electrons. The number of nitrogens with one attached hydrogen (secondary N) is 1. The third-order valence-corrected chi connectivity index (χ3v) is 4.87. The maximum atomic E-state index is 12.4. The number of para-hydroxylation sites is 2. The van der Waals surface area contributed by atoms with E-state index in [0.29, 0.717) is 12.1 Å². The Balaban J connectivity index is 1.39. The van der Waals surface area contributed by atoms with Crippen LogP contribution in [0, 0.1) is 0 Å². The molecule has 0 bridgehead atoms. The van der Waals surface area contributed by atoms with Gasteiger partial charge in [-0.25, -0.2) is 4.98 Å². The van der Waals surface area contributed by atoms with E-state index in [0.717, 1.165) is 21.0 Å². The molecule has 1 N–H and O–H groups in total. The number of rotatable bonds is 6. The number of nitrogens with zero attached hydrogens (tertiary/aromatic N) is 1. The van der Waals surface area contributed by atoms with Crippen molar-refractivity contribution in [2.45, 2.75) is 13.2 Å². The Labute approximate surface area is 154 Å². The molecular weight excluding hydrogens is 348 g/mol. The predicted molar refractivity (Wildman–Crippen MR) is 100 cm³/mol. The molecule has 0 aliphatic rings. The summed E-state index contributed by atoms with van der Waals surface area (Å²) in [5.41, 5.74) is 1.65. The van der Waals surface area contributed by atoms with Gasteiger partial charge in [0.05, 0.1) is 23.0 Å². The number of amides is 1. The number of ether oxygens (including phenoxy) is 1. The molecule has 0 aliphatic heterocycles. The molecule has 2 aromatic heterocycles. The van der Waals surface area contributed by atoms with Crippen LogP contribution in [0.15, 0.2) is 71.3 Å². The van der Waals surface area contributed by atoms with Gasteiger partial charge in [-0.15, -0.1) is 11.3 Å². The molecule has 0 atom stereocenters. The Hall–Kier alpha value is -3.12. The first-order chi connectivity index (χ1) is 12.8. The quantitative estimate of drug-likeness (QED) is 0.551. The Morgan fingerprint density at radius 1 is 1.08 bits per heavy atom. The Morgan fingerprint density at radius 2 is 1.88 bits per heavy atom. The van der Waals surface area contributed by atoms with Crippen molar-refractivity contribution in [3.63, 3.8) is 0 Å². The summed E-state index contributed by atoms with van der Waals surface area (Å²) in [6.07, 6.45) is 1.50. The van der Waals surface area contributed by atoms with E-state index in [2.05, 4.69) is 10.3 Å². The van der Waals surface area contributed by atoms with Gasteiger partial charge in [-0.05, 0) is 30.3 Å². The van der Waals surface area contributed by atoms with Crippen molar-refractivity contribution in [3.8, 4) is 5.75 Å². The molecule has 0 spiro atoms. The molecule has 4 rings (SSSR count). The summed E-state index contributed by atoms with van der Waals surface area (Å²) in [6.45, 7) is 0.627. The number of furan rings is 1. The fourth-order valence-corrected chi connectivity index (χ4v) is 3.47. The van der Waals surface area contributed by atoms with Crippen LogP contribution in [0.5, 0.6) is 5.75 Å². The topological polar surface area (TPSA) is 64.4 Å². The van der Waals surface area contributed by atoms with Gasteiger partial charge in [-0.1, -0.05) is 30.3 Å². The molecule has 26 heavy (non-hydrogen) atoms. The second-order valence-electron chi connectivity index (χ2n) is 5.63. The highest BCUT2D eigenvalue weighted by molar-refractivity contribution is 7.18. The van der Waals surface area contributed by atoms with E-state index in [4.69, 9.17) is 9.15 Å². The third kappa shape index (κ3) is 3.60. The van der Waals surface area contributed by atoms with E-state index in [9.17, 15) is 4.79 Å². The summed E-state index contributed by atoms with van der Waals surface area (Å²) in [5, 5.41) is 3.72. The van der Waals surface area contributed by atoms with Gasteiger partial charge in [0.25, 0.3) is 5.91 Å². The van der Waals surface area contributed by atoms with Gasteiger partial charge in [0.2, 0.25) is 0 Å². The summed E-state index contributed by atoms with van der Waals surface area (Å²) in [7, 11) is 0. The summed E-state index contributed by atoms with van der Waals surface area (Å²) >= 11 is 1.57. The average molecular weight is 364 g/mol. The van der Waals surface area contributed by atoms with Gasteiger partial charge in [-0.2, -0.15) is 0 Å². The van der Waals surface area contributed by atoms with Gasteiger partial charge in [0.15, 0.2) is 5.76 Å². The highest BCUT2D eigenvalue weighted by Gasteiger charge is 2.16. The van der Waals surface area contributed by atoms with Crippen LogP contribution in [0.4, 0.5) is 0 Å². The van der Waals surface area contributed by atoms with E-state index in [1.165, 1.54) is 6.26 Å². The van der Waals surface area contributed by atoms with Crippen LogP contribution in [0.1, 0.15) is 21.1 Å². The first-order valence-electron chi connectivity index (χ1n) is 8.16. The standard InChI is InChI=1S/C20H16N2O3S/c23-20(21-12-18-22-16-8-4-5-9-17(16)26-18)19-14(10-11-24-19)13-25-15-6-2-1-3-7-15/h1-11H,12-13H2,(H,21,23). The number of hydrogen-bond acceptors (Lipinski definition) is 5. The lowest BCUT2D eigenvalue weighted by atomic mass is 10.2. The smallest absolute Gasteiger partial charge is 0.287 e. The van der Waals surface area contributed by atoms with E-state index < -0.39 is 0 Å². The molecule has 130 valence electrons. The van der Waals surface area contributed by atoms with Crippen molar-refractivity contribution in [3.05, 3.63) is 83.3 Å². The van der Waals surface area contributed by atoms with Crippen LogP contribution in [-0.2, 0) is 13.2 Å². The highest BCUT2D eigenvalue weighted by Crippen LogP contribution is 2.21. The van der Waals surface area contributed by atoms with Crippen molar-refractivity contribution in [1.29, 1.82) is 0 Å². The van der Waals surface area contributed by atoms with Gasteiger partial charge in [0, 0.05) is 5.56 Å².